The van der Waals surface area contributed by atoms with Gasteiger partial charge in [-0.25, -0.2) is 0 Å². The molecule has 0 fully saturated rings. The summed E-state index contributed by atoms with van der Waals surface area (Å²) in [5, 5.41) is 10.6. The number of allylic oxidation sites excluding steroid dienone is 1. The van der Waals surface area contributed by atoms with Crippen molar-refractivity contribution in [1.82, 2.24) is 4.57 Å². The molecule has 0 saturated carbocycles. The minimum atomic E-state index is 0.165. The van der Waals surface area contributed by atoms with Crippen LogP contribution < -0.4 is 0 Å². The average molecular weight is 350 g/mol. The number of aromatic hydroxyl groups is 1. The lowest BCUT2D eigenvalue weighted by atomic mass is 10.0. The number of hydrogen-bond acceptors (Lipinski definition) is 4. The number of fused-ring (bicyclic) bond motifs is 1. The predicted octanol–water partition coefficient (Wildman–Crippen LogP) is 5.54. The predicted molar refractivity (Wildman–Crippen MR) is 103 cm³/mol. The molecule has 3 aromatic rings. The van der Waals surface area contributed by atoms with Gasteiger partial charge in [0.2, 0.25) is 5.88 Å². The number of aryl methyl sites for hydroxylation is 1. The fraction of sp³-hybridized carbons (Fsp3) is 0.0526. The zero-order chi connectivity index (χ0) is 16.7. The van der Waals surface area contributed by atoms with E-state index < -0.39 is 0 Å². The van der Waals surface area contributed by atoms with E-state index in [0.29, 0.717) is 3.95 Å². The Bertz CT molecular complexity index is 1040. The number of para-hydroxylation sites is 1. The van der Waals surface area contributed by atoms with Crippen LogP contribution in [0.15, 0.2) is 53.5 Å². The maximum atomic E-state index is 10.6. The summed E-state index contributed by atoms with van der Waals surface area (Å²) in [5.74, 6) is 0.165. The number of aliphatic imine (C=N–C) groups is 1. The third-order valence-corrected chi connectivity index (χ3v) is 5.23. The quantitative estimate of drug-likeness (QED) is 0.616. The van der Waals surface area contributed by atoms with Gasteiger partial charge in [-0.3, -0.25) is 9.56 Å². The van der Waals surface area contributed by atoms with E-state index >= 15 is 0 Å². The summed E-state index contributed by atoms with van der Waals surface area (Å²) in [6.07, 6.45) is 3.78. The zero-order valence-corrected chi connectivity index (χ0v) is 14.6. The molecule has 0 bridgehead atoms. The van der Waals surface area contributed by atoms with Crippen molar-refractivity contribution in [2.24, 2.45) is 4.99 Å². The van der Waals surface area contributed by atoms with Gasteiger partial charge in [-0.2, -0.15) is 0 Å². The lowest BCUT2D eigenvalue weighted by Gasteiger charge is -2.04. The van der Waals surface area contributed by atoms with Gasteiger partial charge in [-0.15, -0.1) is 11.3 Å². The van der Waals surface area contributed by atoms with Crippen molar-refractivity contribution in [3.63, 3.8) is 0 Å². The molecule has 3 nitrogen and oxygen atoms in total. The van der Waals surface area contributed by atoms with Crippen LogP contribution in [-0.2, 0) is 0 Å². The first-order valence-corrected chi connectivity index (χ1v) is 8.73. The Kier molecular flexibility index (Phi) is 3.67. The first-order valence-electron chi connectivity index (χ1n) is 7.50. The van der Waals surface area contributed by atoms with Crippen LogP contribution in [0.25, 0.3) is 17.3 Å². The van der Waals surface area contributed by atoms with Crippen molar-refractivity contribution in [2.45, 2.75) is 6.92 Å². The molecule has 0 amide bonds. The van der Waals surface area contributed by atoms with Crippen LogP contribution in [0, 0.1) is 10.9 Å². The molecule has 1 aromatic heterocycles. The van der Waals surface area contributed by atoms with Gasteiger partial charge in [0, 0.05) is 17.4 Å². The summed E-state index contributed by atoms with van der Waals surface area (Å²) in [4.78, 5) is 5.17. The summed E-state index contributed by atoms with van der Waals surface area (Å²) in [7, 11) is 0. The van der Waals surface area contributed by atoms with Gasteiger partial charge in [-0.05, 0) is 49.5 Å². The number of rotatable bonds is 2. The molecule has 0 radical (unpaired) electrons. The minimum Gasteiger partial charge on any atom is -0.493 e. The number of aromatic nitrogens is 1. The molecule has 1 N–H and O–H groups in total. The van der Waals surface area contributed by atoms with Crippen LogP contribution in [-0.4, -0.2) is 15.9 Å². The number of thiazole rings is 1. The molecule has 5 heteroatoms. The van der Waals surface area contributed by atoms with Gasteiger partial charge in [0.25, 0.3) is 0 Å². The van der Waals surface area contributed by atoms with Crippen LogP contribution in [0.3, 0.4) is 0 Å². The van der Waals surface area contributed by atoms with Gasteiger partial charge in [0.1, 0.15) is 0 Å². The lowest BCUT2D eigenvalue weighted by molar-refractivity contribution is 0.441. The Morgan fingerprint density at radius 2 is 1.96 bits per heavy atom. The molecule has 0 unspecified atom stereocenters. The fourth-order valence-electron chi connectivity index (χ4n) is 2.74. The van der Waals surface area contributed by atoms with E-state index in [1.807, 2.05) is 54.8 Å². The Labute approximate surface area is 148 Å². The molecular formula is C19H14N2OS2. The highest BCUT2D eigenvalue weighted by molar-refractivity contribution is 7.73. The van der Waals surface area contributed by atoms with E-state index in [9.17, 15) is 5.11 Å². The van der Waals surface area contributed by atoms with Crippen LogP contribution in [0.1, 0.15) is 16.0 Å². The standard InChI is InChI=1S/C19H14N2OS2/c1-12-7-8-16-15(9-12)13(11-20-16)10-17-18(22)21(19(23)24-17)14-5-3-2-4-6-14/h2-11,22H,1H3/b13-10-. The van der Waals surface area contributed by atoms with Gasteiger partial charge in [0.05, 0.1) is 16.3 Å². The van der Waals surface area contributed by atoms with E-state index in [0.717, 1.165) is 27.4 Å². The molecule has 118 valence electrons. The first kappa shape index (κ1) is 15.1. The summed E-state index contributed by atoms with van der Waals surface area (Å²) in [5.41, 5.74) is 5.07. The van der Waals surface area contributed by atoms with Crippen molar-refractivity contribution in [1.29, 1.82) is 0 Å². The van der Waals surface area contributed by atoms with Crippen molar-refractivity contribution in [3.8, 4) is 11.6 Å². The molecule has 0 saturated heterocycles. The summed E-state index contributed by atoms with van der Waals surface area (Å²) >= 11 is 6.83. The van der Waals surface area contributed by atoms with Crippen LogP contribution in [0.4, 0.5) is 5.69 Å². The molecule has 0 spiro atoms. The SMILES string of the molecule is Cc1ccc2c(c1)/C(=C\c1sc(=S)n(-c3ccccc3)c1O)C=N2. The van der Waals surface area contributed by atoms with Crippen LogP contribution in [0.2, 0.25) is 0 Å². The second-order valence-electron chi connectivity index (χ2n) is 5.61. The molecule has 24 heavy (non-hydrogen) atoms. The second-order valence-corrected chi connectivity index (χ2v) is 7.28. The van der Waals surface area contributed by atoms with E-state index in [1.54, 1.807) is 4.57 Å². The summed E-state index contributed by atoms with van der Waals surface area (Å²) < 4.78 is 2.31. The maximum absolute atomic E-state index is 10.6. The van der Waals surface area contributed by atoms with Crippen molar-refractivity contribution in [2.75, 3.05) is 0 Å². The normalized spacial score (nSPS) is 14.3. The number of benzene rings is 2. The highest BCUT2D eigenvalue weighted by atomic mass is 32.1. The lowest BCUT2D eigenvalue weighted by Crippen LogP contribution is -1.92. The van der Waals surface area contributed by atoms with Crippen LogP contribution in [0.5, 0.6) is 5.88 Å². The largest absolute Gasteiger partial charge is 0.493 e. The number of nitrogens with zero attached hydrogens (tertiary/aromatic N) is 2. The van der Waals surface area contributed by atoms with E-state index in [1.165, 1.54) is 16.9 Å². The van der Waals surface area contributed by atoms with E-state index in [-0.39, 0.29) is 5.88 Å². The Hall–Kier alpha value is -2.50. The molecule has 0 aliphatic carbocycles. The fourth-order valence-corrected chi connectivity index (χ4v) is 4.04. The van der Waals surface area contributed by atoms with Crippen molar-refractivity contribution >= 4 is 47.1 Å². The second kappa shape index (κ2) is 5.85. The van der Waals surface area contributed by atoms with E-state index in [2.05, 4.69) is 18.0 Å². The first-order chi connectivity index (χ1) is 11.6. The van der Waals surface area contributed by atoms with E-state index in [4.69, 9.17) is 12.2 Å². The van der Waals surface area contributed by atoms with Crippen molar-refractivity contribution in [3.05, 3.63) is 68.5 Å². The number of hydrogen-bond donors (Lipinski definition) is 1. The maximum Gasteiger partial charge on any atom is 0.215 e. The highest BCUT2D eigenvalue weighted by Gasteiger charge is 2.16. The average Bonchev–Trinajstić information content (AvgIpc) is 3.09. The van der Waals surface area contributed by atoms with Gasteiger partial charge in [0.15, 0.2) is 3.95 Å². The van der Waals surface area contributed by atoms with Gasteiger partial charge in [-0.1, -0.05) is 29.8 Å². The molecule has 2 aromatic carbocycles. The molecular weight excluding hydrogens is 336 g/mol. The third kappa shape index (κ3) is 2.52. The Morgan fingerprint density at radius 1 is 1.17 bits per heavy atom. The molecule has 1 aliphatic heterocycles. The minimum absolute atomic E-state index is 0.165. The van der Waals surface area contributed by atoms with Gasteiger partial charge < -0.3 is 5.11 Å². The Balaban J connectivity index is 1.83. The van der Waals surface area contributed by atoms with Crippen molar-refractivity contribution < 1.29 is 5.11 Å². The summed E-state index contributed by atoms with van der Waals surface area (Å²) in [6, 6.07) is 15.8. The Morgan fingerprint density at radius 3 is 2.75 bits per heavy atom. The molecule has 2 heterocycles. The van der Waals surface area contributed by atoms with Gasteiger partial charge >= 0.3 is 0 Å². The zero-order valence-electron chi connectivity index (χ0n) is 12.9. The third-order valence-electron chi connectivity index (χ3n) is 3.92. The highest BCUT2D eigenvalue weighted by Crippen LogP contribution is 2.37. The molecule has 4 rings (SSSR count). The van der Waals surface area contributed by atoms with Crippen LogP contribution >= 0.6 is 23.6 Å². The topological polar surface area (TPSA) is 37.5 Å². The smallest absolute Gasteiger partial charge is 0.215 e. The molecule has 1 aliphatic rings. The molecule has 0 atom stereocenters. The summed E-state index contributed by atoms with van der Waals surface area (Å²) in [6.45, 7) is 2.06. The monoisotopic (exact) mass is 350 g/mol.